The molecular weight excluding hydrogens is 446 g/mol. The number of aliphatic imine (C=N–C) groups is 1. The average Bonchev–Trinajstić information content (AvgIpc) is 3.34. The van der Waals surface area contributed by atoms with Gasteiger partial charge in [0.15, 0.2) is 0 Å². The van der Waals surface area contributed by atoms with Gasteiger partial charge in [-0.05, 0) is 55.9 Å². The van der Waals surface area contributed by atoms with Crippen molar-refractivity contribution in [2.75, 3.05) is 13.1 Å². The largest absolute Gasteiger partial charge is 0.339 e. The average molecular weight is 474 g/mol. The molecule has 6 nitrogen and oxygen atoms in total. The molecule has 2 aromatic rings. The maximum Gasteiger partial charge on any atom is 0.263 e. The number of hydrogen-bond acceptors (Lipinski definition) is 4. The maximum absolute atomic E-state index is 12.8. The highest BCUT2D eigenvalue weighted by atomic mass is 35.5. The van der Waals surface area contributed by atoms with Crippen LogP contribution in [0.15, 0.2) is 58.4 Å². The number of amides is 1. The molecule has 1 fully saturated rings. The molecule has 0 radical (unpaired) electrons. The Bertz CT molecular complexity index is 1120. The molecule has 1 atom stereocenters. The van der Waals surface area contributed by atoms with E-state index in [4.69, 9.17) is 11.6 Å². The number of carbonyl (C=O) groups excluding carboxylic acids is 1. The maximum atomic E-state index is 12.8. The van der Waals surface area contributed by atoms with Gasteiger partial charge in [0, 0.05) is 36.1 Å². The van der Waals surface area contributed by atoms with Gasteiger partial charge in [-0.15, -0.1) is 0 Å². The van der Waals surface area contributed by atoms with Gasteiger partial charge in [-0.3, -0.25) is 14.5 Å². The van der Waals surface area contributed by atoms with Crippen LogP contribution in [0.1, 0.15) is 49.7 Å². The number of amidine groups is 1. The van der Waals surface area contributed by atoms with Gasteiger partial charge in [0.25, 0.3) is 10.0 Å². The Morgan fingerprint density at radius 3 is 2.72 bits per heavy atom. The molecule has 4 rings (SSSR count). The lowest BCUT2D eigenvalue weighted by Gasteiger charge is -2.25. The van der Waals surface area contributed by atoms with E-state index in [0.717, 1.165) is 55.7 Å². The van der Waals surface area contributed by atoms with Crippen LogP contribution in [-0.2, 0) is 21.2 Å². The predicted octanol–water partition coefficient (Wildman–Crippen LogP) is 4.17. The van der Waals surface area contributed by atoms with E-state index in [-0.39, 0.29) is 16.8 Å². The molecule has 0 bridgehead atoms. The first kappa shape index (κ1) is 22.8. The molecule has 2 aliphatic heterocycles. The Balaban J connectivity index is 1.22. The van der Waals surface area contributed by atoms with Crippen molar-refractivity contribution in [2.24, 2.45) is 4.99 Å². The second-order valence-corrected chi connectivity index (χ2v) is 10.4. The molecule has 1 N–H and O–H groups in total. The minimum atomic E-state index is -3.49. The van der Waals surface area contributed by atoms with E-state index in [0.29, 0.717) is 24.4 Å². The van der Waals surface area contributed by atoms with E-state index in [9.17, 15) is 13.2 Å². The number of rotatable bonds is 8. The Morgan fingerprint density at radius 1 is 1.09 bits per heavy atom. The van der Waals surface area contributed by atoms with Crippen molar-refractivity contribution < 1.29 is 13.2 Å². The second-order valence-electron chi connectivity index (χ2n) is 8.32. The number of fused-ring (bicyclic) bond motifs is 1. The van der Waals surface area contributed by atoms with Crippen molar-refractivity contribution in [1.82, 2.24) is 9.62 Å². The van der Waals surface area contributed by atoms with Crippen molar-refractivity contribution in [3.05, 3.63) is 64.7 Å². The molecule has 8 heteroatoms. The van der Waals surface area contributed by atoms with Crippen LogP contribution < -0.4 is 4.72 Å². The molecule has 2 aromatic carbocycles. The molecule has 0 spiro atoms. The third-order valence-electron chi connectivity index (χ3n) is 6.09. The van der Waals surface area contributed by atoms with Crippen molar-refractivity contribution in [3.8, 4) is 0 Å². The fraction of sp³-hybridized carbons (Fsp3) is 0.417. The van der Waals surface area contributed by atoms with Crippen LogP contribution >= 0.6 is 11.6 Å². The number of halogens is 1. The Morgan fingerprint density at radius 2 is 1.88 bits per heavy atom. The van der Waals surface area contributed by atoms with Gasteiger partial charge in [0.05, 0.1) is 4.90 Å². The lowest BCUT2D eigenvalue weighted by atomic mass is 10.0. The van der Waals surface area contributed by atoms with Gasteiger partial charge >= 0.3 is 0 Å². The minimum absolute atomic E-state index is 0.211. The molecule has 170 valence electrons. The second kappa shape index (κ2) is 10.0. The van der Waals surface area contributed by atoms with Crippen LogP contribution in [0.3, 0.4) is 0 Å². The molecule has 0 saturated carbocycles. The third kappa shape index (κ3) is 5.15. The van der Waals surface area contributed by atoms with Crippen LogP contribution in [0.5, 0.6) is 0 Å². The minimum Gasteiger partial charge on any atom is -0.339 e. The summed E-state index contributed by atoms with van der Waals surface area (Å²) in [4.78, 5) is 19.5. The van der Waals surface area contributed by atoms with Crippen LogP contribution in [0.2, 0.25) is 5.02 Å². The lowest BCUT2D eigenvalue weighted by Crippen LogP contribution is -2.36. The highest BCUT2D eigenvalue weighted by Crippen LogP contribution is 2.26. The van der Waals surface area contributed by atoms with Gasteiger partial charge in [0.1, 0.15) is 5.84 Å². The number of carbonyl (C=O) groups is 1. The normalized spacial score (nSPS) is 20.3. The lowest BCUT2D eigenvalue weighted by molar-refractivity contribution is -0.132. The molecular formula is C24H28ClN3O3S. The van der Waals surface area contributed by atoms with Crippen molar-refractivity contribution in [1.29, 1.82) is 0 Å². The fourth-order valence-electron chi connectivity index (χ4n) is 4.44. The number of benzene rings is 2. The Labute approximate surface area is 194 Å². The smallest absolute Gasteiger partial charge is 0.263 e. The van der Waals surface area contributed by atoms with Gasteiger partial charge < -0.3 is 4.90 Å². The highest BCUT2D eigenvalue weighted by molar-refractivity contribution is 7.90. The van der Waals surface area contributed by atoms with Gasteiger partial charge in [-0.1, -0.05) is 48.4 Å². The van der Waals surface area contributed by atoms with Crippen LogP contribution in [-0.4, -0.2) is 44.2 Å². The number of unbranched alkanes of at least 4 members (excludes halogenated alkanes) is 2. The molecule has 1 saturated heterocycles. The number of likely N-dealkylation sites (tertiary alicyclic amines) is 1. The van der Waals surface area contributed by atoms with Crippen LogP contribution in [0, 0.1) is 0 Å². The van der Waals surface area contributed by atoms with E-state index < -0.39 is 10.0 Å². The summed E-state index contributed by atoms with van der Waals surface area (Å²) in [6, 6.07) is 14.9. The van der Waals surface area contributed by atoms with Crippen molar-refractivity contribution in [3.63, 3.8) is 0 Å². The number of hydrogen-bond donors (Lipinski definition) is 1. The fourth-order valence-corrected chi connectivity index (χ4v) is 5.91. The predicted molar refractivity (Wildman–Crippen MR) is 127 cm³/mol. The van der Waals surface area contributed by atoms with E-state index in [2.05, 4.69) is 9.71 Å². The zero-order chi connectivity index (χ0) is 22.6. The number of sulfonamides is 1. The zero-order valence-corrected chi connectivity index (χ0v) is 19.5. The summed E-state index contributed by atoms with van der Waals surface area (Å²) in [6.07, 6.45) is 5.89. The number of nitrogens with zero attached hydrogens (tertiary/aromatic N) is 2. The number of nitrogens with one attached hydrogen (secondary N) is 1. The zero-order valence-electron chi connectivity index (χ0n) is 18.0. The van der Waals surface area contributed by atoms with Crippen LogP contribution in [0.25, 0.3) is 0 Å². The summed E-state index contributed by atoms with van der Waals surface area (Å²) >= 11 is 6.30. The first-order chi connectivity index (χ1) is 15.5. The third-order valence-corrected chi connectivity index (χ3v) is 7.86. The van der Waals surface area contributed by atoms with E-state index in [1.165, 1.54) is 0 Å². The summed E-state index contributed by atoms with van der Waals surface area (Å²) in [7, 11) is -3.49. The van der Waals surface area contributed by atoms with Gasteiger partial charge in [-0.2, -0.15) is 0 Å². The summed E-state index contributed by atoms with van der Waals surface area (Å²) in [5, 5.41) is 0.764. The van der Waals surface area contributed by atoms with E-state index in [1.54, 1.807) is 24.3 Å². The van der Waals surface area contributed by atoms with E-state index >= 15 is 0 Å². The molecule has 1 amide bonds. The monoisotopic (exact) mass is 473 g/mol. The first-order valence-electron chi connectivity index (χ1n) is 11.2. The van der Waals surface area contributed by atoms with Gasteiger partial charge in [0.2, 0.25) is 5.91 Å². The molecule has 0 aromatic heterocycles. The molecule has 1 unspecified atom stereocenters. The quantitative estimate of drug-likeness (QED) is 0.584. The molecule has 2 aliphatic rings. The highest BCUT2D eigenvalue weighted by Gasteiger charge is 2.30. The van der Waals surface area contributed by atoms with Crippen molar-refractivity contribution in [2.45, 2.75) is 55.9 Å². The molecule has 0 aliphatic carbocycles. The summed E-state index contributed by atoms with van der Waals surface area (Å²) in [5.74, 6) is 0.625. The summed E-state index contributed by atoms with van der Waals surface area (Å²) < 4.78 is 26.8. The Kier molecular flexibility index (Phi) is 7.16. The standard InChI is InChI=1S/C24H28ClN3O3S/c25-21-12-5-3-9-18(21)17-19-10-8-16-28(19)23(29)14-2-1-7-15-26-24-20-11-4-6-13-22(20)32(30,31)27-24/h3-6,9,11-13,19H,1-2,7-8,10,14-17H2,(H,26,27). The molecule has 2 heterocycles. The first-order valence-corrected chi connectivity index (χ1v) is 13.0. The summed E-state index contributed by atoms with van der Waals surface area (Å²) in [6.45, 7) is 1.35. The SMILES string of the molecule is O=C(CCCCCN=C1NS(=O)(=O)c2ccccc21)N1CCCC1Cc1ccccc1Cl. The Hall–Kier alpha value is -2.38. The molecule has 32 heavy (non-hydrogen) atoms. The summed E-state index contributed by atoms with van der Waals surface area (Å²) in [5.41, 5.74) is 1.73. The topological polar surface area (TPSA) is 78.8 Å². The van der Waals surface area contributed by atoms with Gasteiger partial charge in [-0.25, -0.2) is 8.42 Å². The van der Waals surface area contributed by atoms with Crippen molar-refractivity contribution >= 4 is 33.4 Å². The van der Waals surface area contributed by atoms with Crippen LogP contribution in [0.4, 0.5) is 0 Å². The van der Waals surface area contributed by atoms with E-state index in [1.807, 2.05) is 29.2 Å².